The van der Waals surface area contributed by atoms with Gasteiger partial charge in [0.25, 0.3) is 0 Å². The zero-order valence-corrected chi connectivity index (χ0v) is 8.26. The second-order valence-electron chi connectivity index (χ2n) is 1.94. The maximum absolute atomic E-state index is 10.3. The summed E-state index contributed by atoms with van der Waals surface area (Å²) in [7, 11) is 0. The molecule has 0 amide bonds. The number of rotatable bonds is 1. The minimum Gasteiger partial charge on any atom is -0.507 e. The Kier molecular flexibility index (Phi) is 2.72. The number of benzene rings is 1. The number of halogens is 2. The van der Waals surface area contributed by atoms with Crippen LogP contribution in [0.2, 0.25) is 5.02 Å². The molecule has 1 N–H and O–H groups in total. The number of carbonyl (C=O) groups excluding carboxylic acids is 1. The molecular formula is C7H4ClIO2. The lowest BCUT2D eigenvalue weighted by atomic mass is 10.2. The lowest BCUT2D eigenvalue weighted by Crippen LogP contribution is -1.83. The van der Waals surface area contributed by atoms with Crippen LogP contribution in [0.25, 0.3) is 0 Å². The molecule has 0 aliphatic heterocycles. The topological polar surface area (TPSA) is 37.3 Å². The Labute approximate surface area is 82.3 Å². The quantitative estimate of drug-likeness (QED) is 0.634. The van der Waals surface area contributed by atoms with Crippen molar-refractivity contribution < 1.29 is 9.90 Å². The molecule has 0 aliphatic carbocycles. The predicted molar refractivity (Wildman–Crippen MR) is 51.2 cm³/mol. The van der Waals surface area contributed by atoms with Crippen LogP contribution in [-0.4, -0.2) is 11.4 Å². The van der Waals surface area contributed by atoms with Crippen molar-refractivity contribution in [1.82, 2.24) is 0 Å². The number of carbonyl (C=O) groups is 1. The van der Waals surface area contributed by atoms with Crippen LogP contribution in [-0.2, 0) is 0 Å². The van der Waals surface area contributed by atoms with E-state index in [1.807, 2.05) is 22.6 Å². The third-order valence-electron chi connectivity index (χ3n) is 1.19. The molecule has 0 saturated carbocycles. The van der Waals surface area contributed by atoms with Crippen LogP contribution in [0.5, 0.6) is 5.75 Å². The Morgan fingerprint density at radius 3 is 2.73 bits per heavy atom. The van der Waals surface area contributed by atoms with E-state index in [1.54, 1.807) is 6.07 Å². The molecule has 0 radical (unpaired) electrons. The first-order chi connectivity index (χ1) is 5.15. The van der Waals surface area contributed by atoms with Crippen molar-refractivity contribution in [2.24, 2.45) is 0 Å². The number of aldehydes is 1. The molecule has 0 saturated heterocycles. The molecular weight excluding hydrogens is 278 g/mol. The second kappa shape index (κ2) is 3.40. The summed E-state index contributed by atoms with van der Waals surface area (Å²) in [5, 5.41) is 9.49. The number of phenolic OH excluding ortho intramolecular Hbond substituents is 1. The van der Waals surface area contributed by atoms with Gasteiger partial charge >= 0.3 is 0 Å². The smallest absolute Gasteiger partial charge is 0.151 e. The summed E-state index contributed by atoms with van der Waals surface area (Å²) in [6.07, 6.45) is 0.609. The van der Waals surface area contributed by atoms with Crippen LogP contribution in [0.3, 0.4) is 0 Å². The minimum atomic E-state index is 0.0806. The van der Waals surface area contributed by atoms with Gasteiger partial charge in [-0.05, 0) is 34.7 Å². The van der Waals surface area contributed by atoms with E-state index < -0.39 is 0 Å². The third-order valence-corrected chi connectivity index (χ3v) is 2.38. The summed E-state index contributed by atoms with van der Waals surface area (Å²) < 4.78 is 0.637. The summed E-state index contributed by atoms with van der Waals surface area (Å²) in [6, 6.07) is 2.89. The highest BCUT2D eigenvalue weighted by Gasteiger charge is 2.03. The highest BCUT2D eigenvalue weighted by Crippen LogP contribution is 2.25. The fourth-order valence-corrected chi connectivity index (χ4v) is 1.50. The summed E-state index contributed by atoms with van der Waals surface area (Å²) in [4.78, 5) is 10.3. The highest BCUT2D eigenvalue weighted by atomic mass is 127. The molecule has 0 spiro atoms. The van der Waals surface area contributed by atoms with Gasteiger partial charge in [-0.25, -0.2) is 0 Å². The van der Waals surface area contributed by atoms with Crippen molar-refractivity contribution in [3.8, 4) is 5.75 Å². The van der Waals surface area contributed by atoms with Gasteiger partial charge in [-0.15, -0.1) is 0 Å². The maximum atomic E-state index is 10.3. The summed E-state index contributed by atoms with van der Waals surface area (Å²) in [6.45, 7) is 0. The fraction of sp³-hybridized carbons (Fsp3) is 0. The molecule has 1 rings (SSSR count). The van der Waals surface area contributed by atoms with E-state index in [9.17, 15) is 4.79 Å². The second-order valence-corrected chi connectivity index (χ2v) is 3.51. The van der Waals surface area contributed by atoms with Gasteiger partial charge < -0.3 is 5.11 Å². The lowest BCUT2D eigenvalue weighted by Gasteiger charge is -1.99. The predicted octanol–water partition coefficient (Wildman–Crippen LogP) is 2.46. The average Bonchev–Trinajstić information content (AvgIpc) is 1.97. The van der Waals surface area contributed by atoms with Gasteiger partial charge in [0.15, 0.2) is 6.29 Å². The largest absolute Gasteiger partial charge is 0.507 e. The van der Waals surface area contributed by atoms with Crippen LogP contribution < -0.4 is 0 Å². The number of aromatic hydroxyl groups is 1. The van der Waals surface area contributed by atoms with Crippen molar-refractivity contribution >= 4 is 40.5 Å². The summed E-state index contributed by atoms with van der Waals surface area (Å²) in [5.74, 6) is 0.0806. The Hall–Kier alpha value is -0.290. The van der Waals surface area contributed by atoms with Gasteiger partial charge in [-0.2, -0.15) is 0 Å². The Bertz CT molecular complexity index is 299. The molecule has 0 atom stereocenters. The number of phenols is 1. The normalized spacial score (nSPS) is 9.64. The van der Waals surface area contributed by atoms with E-state index in [0.29, 0.717) is 20.4 Å². The Morgan fingerprint density at radius 1 is 1.55 bits per heavy atom. The molecule has 58 valence electrons. The molecule has 0 aliphatic rings. The van der Waals surface area contributed by atoms with E-state index in [0.717, 1.165) is 0 Å². The van der Waals surface area contributed by atoms with E-state index in [-0.39, 0.29) is 5.75 Å². The van der Waals surface area contributed by atoms with Crippen molar-refractivity contribution in [2.45, 2.75) is 0 Å². The molecule has 0 heterocycles. The first-order valence-electron chi connectivity index (χ1n) is 2.78. The van der Waals surface area contributed by atoms with Crippen LogP contribution in [0.1, 0.15) is 10.4 Å². The lowest BCUT2D eigenvalue weighted by molar-refractivity contribution is 0.112. The highest BCUT2D eigenvalue weighted by molar-refractivity contribution is 14.1. The van der Waals surface area contributed by atoms with Crippen LogP contribution in [0.4, 0.5) is 0 Å². The van der Waals surface area contributed by atoms with Gasteiger partial charge in [0.1, 0.15) is 5.75 Å². The van der Waals surface area contributed by atoms with E-state index in [2.05, 4.69) is 0 Å². The Morgan fingerprint density at radius 2 is 2.18 bits per heavy atom. The number of hydrogen-bond donors (Lipinski definition) is 1. The molecule has 11 heavy (non-hydrogen) atoms. The molecule has 1 aromatic rings. The summed E-state index contributed by atoms with van der Waals surface area (Å²) in [5.41, 5.74) is 0.310. The van der Waals surface area contributed by atoms with Gasteiger partial charge in [0, 0.05) is 5.56 Å². The monoisotopic (exact) mass is 282 g/mol. The van der Waals surface area contributed by atoms with Crippen molar-refractivity contribution in [1.29, 1.82) is 0 Å². The first kappa shape index (κ1) is 8.80. The first-order valence-corrected chi connectivity index (χ1v) is 4.24. The third kappa shape index (κ3) is 1.84. The van der Waals surface area contributed by atoms with Crippen LogP contribution in [0.15, 0.2) is 12.1 Å². The van der Waals surface area contributed by atoms with Gasteiger partial charge in [0.2, 0.25) is 0 Å². The number of hydrogen-bond acceptors (Lipinski definition) is 2. The Balaban J connectivity index is 3.31. The fourth-order valence-electron chi connectivity index (χ4n) is 0.644. The van der Waals surface area contributed by atoms with E-state index in [4.69, 9.17) is 16.7 Å². The molecule has 0 aromatic heterocycles. The van der Waals surface area contributed by atoms with Crippen molar-refractivity contribution in [2.75, 3.05) is 0 Å². The maximum Gasteiger partial charge on any atom is 0.151 e. The minimum absolute atomic E-state index is 0.0806. The SMILES string of the molecule is O=Cc1cc(O)c(I)cc1Cl. The standard InChI is InChI=1S/C7H4ClIO2/c8-5-2-6(9)7(11)1-4(5)3-10/h1-3,11H. The van der Waals surface area contributed by atoms with Gasteiger partial charge in [-0.3, -0.25) is 4.79 Å². The summed E-state index contributed by atoms with van der Waals surface area (Å²) >= 11 is 7.59. The average molecular weight is 282 g/mol. The zero-order chi connectivity index (χ0) is 8.43. The molecule has 4 heteroatoms. The van der Waals surface area contributed by atoms with Crippen molar-refractivity contribution in [3.05, 3.63) is 26.3 Å². The van der Waals surface area contributed by atoms with Crippen LogP contribution >= 0.6 is 34.2 Å². The van der Waals surface area contributed by atoms with Gasteiger partial charge in [-0.1, -0.05) is 11.6 Å². The molecule has 0 unspecified atom stereocenters. The van der Waals surface area contributed by atoms with Crippen molar-refractivity contribution in [3.63, 3.8) is 0 Å². The molecule has 0 bridgehead atoms. The van der Waals surface area contributed by atoms with E-state index in [1.165, 1.54) is 6.07 Å². The zero-order valence-electron chi connectivity index (χ0n) is 5.34. The molecule has 1 aromatic carbocycles. The molecule has 0 fully saturated rings. The molecule has 2 nitrogen and oxygen atoms in total. The van der Waals surface area contributed by atoms with Crippen LogP contribution in [0, 0.1) is 3.57 Å². The van der Waals surface area contributed by atoms with E-state index >= 15 is 0 Å². The van der Waals surface area contributed by atoms with Gasteiger partial charge in [0.05, 0.1) is 8.59 Å².